The highest BCUT2D eigenvalue weighted by Crippen LogP contribution is 2.33. The molecule has 0 heterocycles. The van der Waals surface area contributed by atoms with Gasteiger partial charge < -0.3 is 0 Å². The Kier molecular flexibility index (Phi) is 2.70. The van der Waals surface area contributed by atoms with E-state index in [4.69, 9.17) is 11.6 Å². The SMILES string of the molecule is CC1(C)C=CCC(c2cccc(Cl)c2)=C1. The zero-order valence-electron chi connectivity index (χ0n) is 9.13. The Morgan fingerprint density at radius 2 is 2.07 bits per heavy atom. The van der Waals surface area contributed by atoms with Gasteiger partial charge in [0.1, 0.15) is 0 Å². The number of hydrogen-bond acceptors (Lipinski definition) is 0. The first-order valence-electron chi connectivity index (χ1n) is 5.22. The molecule has 0 saturated heterocycles. The molecule has 0 unspecified atom stereocenters. The van der Waals surface area contributed by atoms with Crippen molar-refractivity contribution < 1.29 is 0 Å². The van der Waals surface area contributed by atoms with Crippen LogP contribution in [0.2, 0.25) is 5.02 Å². The molecule has 0 aromatic heterocycles. The number of halogens is 1. The van der Waals surface area contributed by atoms with E-state index in [0.717, 1.165) is 11.4 Å². The molecule has 1 aromatic carbocycles. The van der Waals surface area contributed by atoms with E-state index in [1.807, 2.05) is 18.2 Å². The van der Waals surface area contributed by atoms with Crippen molar-refractivity contribution in [2.75, 3.05) is 0 Å². The molecule has 78 valence electrons. The Balaban J connectivity index is 2.36. The number of allylic oxidation sites excluding steroid dienone is 4. The third-order valence-corrected chi connectivity index (χ3v) is 2.86. The summed E-state index contributed by atoms with van der Waals surface area (Å²) in [6, 6.07) is 8.06. The van der Waals surface area contributed by atoms with Gasteiger partial charge >= 0.3 is 0 Å². The second kappa shape index (κ2) is 3.86. The molecule has 0 saturated carbocycles. The van der Waals surface area contributed by atoms with Gasteiger partial charge in [0.05, 0.1) is 0 Å². The molecule has 2 rings (SSSR count). The predicted octanol–water partition coefficient (Wildman–Crippen LogP) is 4.71. The van der Waals surface area contributed by atoms with Gasteiger partial charge in [0.15, 0.2) is 0 Å². The third kappa shape index (κ3) is 2.51. The summed E-state index contributed by atoms with van der Waals surface area (Å²) < 4.78 is 0. The molecule has 1 aliphatic rings. The van der Waals surface area contributed by atoms with Crippen molar-refractivity contribution in [3.8, 4) is 0 Å². The van der Waals surface area contributed by atoms with Crippen molar-refractivity contribution in [3.05, 3.63) is 53.1 Å². The van der Waals surface area contributed by atoms with E-state index in [0.29, 0.717) is 0 Å². The Bertz CT molecular complexity index is 425. The quantitative estimate of drug-likeness (QED) is 0.599. The number of hydrogen-bond donors (Lipinski definition) is 0. The third-order valence-electron chi connectivity index (χ3n) is 2.63. The molecular formula is C14H15Cl. The molecule has 0 aliphatic heterocycles. The van der Waals surface area contributed by atoms with E-state index in [1.54, 1.807) is 0 Å². The Morgan fingerprint density at radius 3 is 2.73 bits per heavy atom. The fraction of sp³-hybridized carbons (Fsp3) is 0.286. The molecule has 15 heavy (non-hydrogen) atoms. The van der Waals surface area contributed by atoms with Gasteiger partial charge in [-0.05, 0) is 29.7 Å². The molecule has 0 bridgehead atoms. The highest BCUT2D eigenvalue weighted by atomic mass is 35.5. The van der Waals surface area contributed by atoms with E-state index in [9.17, 15) is 0 Å². The minimum Gasteiger partial charge on any atom is -0.0843 e. The summed E-state index contributed by atoms with van der Waals surface area (Å²) >= 11 is 5.99. The van der Waals surface area contributed by atoms with Crippen LogP contribution < -0.4 is 0 Å². The average Bonchev–Trinajstić information content (AvgIpc) is 2.16. The first-order valence-corrected chi connectivity index (χ1v) is 5.60. The Morgan fingerprint density at radius 1 is 1.27 bits per heavy atom. The minimum absolute atomic E-state index is 0.163. The van der Waals surface area contributed by atoms with Crippen molar-refractivity contribution in [2.24, 2.45) is 5.41 Å². The van der Waals surface area contributed by atoms with Gasteiger partial charge in [-0.2, -0.15) is 0 Å². The first kappa shape index (κ1) is 10.5. The van der Waals surface area contributed by atoms with Crippen molar-refractivity contribution in [2.45, 2.75) is 20.3 Å². The molecule has 0 N–H and O–H groups in total. The topological polar surface area (TPSA) is 0 Å². The molecule has 0 spiro atoms. The summed E-state index contributed by atoms with van der Waals surface area (Å²) in [5.74, 6) is 0. The van der Waals surface area contributed by atoms with E-state index < -0.39 is 0 Å². The van der Waals surface area contributed by atoms with Gasteiger partial charge in [-0.1, -0.05) is 55.8 Å². The second-order valence-electron chi connectivity index (χ2n) is 4.61. The lowest BCUT2D eigenvalue weighted by molar-refractivity contribution is 0.618. The summed E-state index contributed by atoms with van der Waals surface area (Å²) in [6.45, 7) is 4.43. The highest BCUT2D eigenvalue weighted by molar-refractivity contribution is 6.30. The summed E-state index contributed by atoms with van der Waals surface area (Å²) in [4.78, 5) is 0. The highest BCUT2D eigenvalue weighted by Gasteiger charge is 2.16. The van der Waals surface area contributed by atoms with Gasteiger partial charge in [-0.25, -0.2) is 0 Å². The summed E-state index contributed by atoms with van der Waals surface area (Å²) in [7, 11) is 0. The zero-order valence-corrected chi connectivity index (χ0v) is 9.88. The van der Waals surface area contributed by atoms with Crippen LogP contribution in [-0.2, 0) is 0 Å². The molecule has 1 aliphatic carbocycles. The van der Waals surface area contributed by atoms with Crippen molar-refractivity contribution in [1.29, 1.82) is 0 Å². The predicted molar refractivity (Wildman–Crippen MR) is 67.0 cm³/mol. The van der Waals surface area contributed by atoms with E-state index in [1.165, 1.54) is 11.1 Å². The van der Waals surface area contributed by atoms with Gasteiger partial charge in [0.25, 0.3) is 0 Å². The summed E-state index contributed by atoms with van der Waals surface area (Å²) in [6.07, 6.45) is 7.81. The normalized spacial score (nSPS) is 18.7. The molecule has 0 fully saturated rings. The van der Waals surface area contributed by atoms with Crippen LogP contribution >= 0.6 is 11.6 Å². The van der Waals surface area contributed by atoms with Crippen LogP contribution in [0.15, 0.2) is 42.5 Å². The number of rotatable bonds is 1. The lowest BCUT2D eigenvalue weighted by Crippen LogP contribution is -2.07. The van der Waals surface area contributed by atoms with Gasteiger partial charge in [-0.15, -0.1) is 0 Å². The fourth-order valence-electron chi connectivity index (χ4n) is 1.94. The maximum Gasteiger partial charge on any atom is 0.0412 e. The standard InChI is InChI=1S/C14H15Cl/c1-14(2)8-4-6-12(10-14)11-5-3-7-13(15)9-11/h3-5,7-10H,6H2,1-2H3. The van der Waals surface area contributed by atoms with Crippen LogP contribution in [-0.4, -0.2) is 0 Å². The largest absolute Gasteiger partial charge is 0.0843 e. The van der Waals surface area contributed by atoms with Crippen LogP contribution in [0.1, 0.15) is 25.8 Å². The number of benzene rings is 1. The van der Waals surface area contributed by atoms with Crippen LogP contribution in [0.4, 0.5) is 0 Å². The lowest BCUT2D eigenvalue weighted by Gasteiger charge is -2.22. The second-order valence-corrected chi connectivity index (χ2v) is 5.04. The maximum atomic E-state index is 5.99. The molecule has 1 heteroatoms. The van der Waals surface area contributed by atoms with E-state index >= 15 is 0 Å². The summed E-state index contributed by atoms with van der Waals surface area (Å²) in [5.41, 5.74) is 2.76. The molecule has 0 atom stereocenters. The molecule has 0 radical (unpaired) electrons. The first-order chi connectivity index (χ1) is 7.07. The average molecular weight is 219 g/mol. The monoisotopic (exact) mass is 218 g/mol. The molecule has 0 nitrogen and oxygen atoms in total. The fourth-order valence-corrected chi connectivity index (χ4v) is 2.13. The Labute approximate surface area is 96.3 Å². The van der Waals surface area contributed by atoms with E-state index in [-0.39, 0.29) is 5.41 Å². The van der Waals surface area contributed by atoms with Crippen LogP contribution in [0.3, 0.4) is 0 Å². The van der Waals surface area contributed by atoms with Crippen LogP contribution in [0.5, 0.6) is 0 Å². The van der Waals surface area contributed by atoms with Crippen molar-refractivity contribution in [1.82, 2.24) is 0 Å². The van der Waals surface area contributed by atoms with Gasteiger partial charge in [0.2, 0.25) is 0 Å². The van der Waals surface area contributed by atoms with Crippen molar-refractivity contribution in [3.63, 3.8) is 0 Å². The van der Waals surface area contributed by atoms with Crippen molar-refractivity contribution >= 4 is 17.2 Å². The summed E-state index contributed by atoms with van der Waals surface area (Å²) in [5, 5.41) is 0.806. The molecule has 1 aromatic rings. The minimum atomic E-state index is 0.163. The smallest absolute Gasteiger partial charge is 0.0412 e. The Hall–Kier alpha value is -1.01. The van der Waals surface area contributed by atoms with Crippen LogP contribution in [0, 0.1) is 5.41 Å². The van der Waals surface area contributed by atoms with Gasteiger partial charge in [0, 0.05) is 10.4 Å². The maximum absolute atomic E-state index is 5.99. The zero-order chi connectivity index (χ0) is 10.9. The van der Waals surface area contributed by atoms with E-state index in [2.05, 4.69) is 38.1 Å². The lowest BCUT2D eigenvalue weighted by atomic mass is 9.83. The molecule has 0 amide bonds. The van der Waals surface area contributed by atoms with Gasteiger partial charge in [-0.3, -0.25) is 0 Å². The molecular weight excluding hydrogens is 204 g/mol. The van der Waals surface area contributed by atoms with Crippen LogP contribution in [0.25, 0.3) is 5.57 Å².